The highest BCUT2D eigenvalue weighted by atomic mass is 16.4. The molecule has 0 spiro atoms. The molecule has 4 heteroatoms. The maximum absolute atomic E-state index is 9.63. The van der Waals surface area contributed by atoms with Crippen molar-refractivity contribution < 1.29 is 15.3 Å². The number of nitrogens with zero attached hydrogens (tertiary/aromatic N) is 1. The van der Waals surface area contributed by atoms with Crippen LogP contribution in [0.5, 0.6) is 0 Å². The SMILES string of the molecule is Cc1ccc(C(O)C(O)CO)c(C#N)c1. The van der Waals surface area contributed by atoms with E-state index in [-0.39, 0.29) is 0 Å². The van der Waals surface area contributed by atoms with Crippen LogP contribution in [0.4, 0.5) is 0 Å². The highest BCUT2D eigenvalue weighted by molar-refractivity contribution is 5.41. The molecular formula is C11H13NO3. The molecule has 0 radical (unpaired) electrons. The molecule has 2 unspecified atom stereocenters. The quantitative estimate of drug-likeness (QED) is 0.663. The minimum absolute atomic E-state index is 0.315. The van der Waals surface area contributed by atoms with E-state index in [1.54, 1.807) is 18.2 Å². The van der Waals surface area contributed by atoms with Crippen molar-refractivity contribution in [1.82, 2.24) is 0 Å². The summed E-state index contributed by atoms with van der Waals surface area (Å²) in [7, 11) is 0. The molecule has 15 heavy (non-hydrogen) atoms. The minimum atomic E-state index is -1.26. The van der Waals surface area contributed by atoms with Gasteiger partial charge in [0.25, 0.3) is 0 Å². The lowest BCUT2D eigenvalue weighted by molar-refractivity contribution is -0.0153. The molecular weight excluding hydrogens is 194 g/mol. The Kier molecular flexibility index (Phi) is 3.81. The Morgan fingerprint density at radius 1 is 1.40 bits per heavy atom. The van der Waals surface area contributed by atoms with Crippen LogP contribution in [-0.2, 0) is 0 Å². The molecule has 80 valence electrons. The Morgan fingerprint density at radius 3 is 2.60 bits per heavy atom. The summed E-state index contributed by atoms with van der Waals surface area (Å²) < 4.78 is 0. The predicted molar refractivity (Wildman–Crippen MR) is 53.9 cm³/mol. The van der Waals surface area contributed by atoms with Gasteiger partial charge in [-0.15, -0.1) is 0 Å². The largest absolute Gasteiger partial charge is 0.394 e. The van der Waals surface area contributed by atoms with Gasteiger partial charge in [-0.2, -0.15) is 5.26 Å². The Bertz CT molecular complexity index is 384. The maximum atomic E-state index is 9.63. The van der Waals surface area contributed by atoms with E-state index in [2.05, 4.69) is 0 Å². The lowest BCUT2D eigenvalue weighted by atomic mass is 9.98. The summed E-state index contributed by atoms with van der Waals surface area (Å²) in [5.41, 5.74) is 1.56. The molecule has 1 rings (SSSR count). The number of aryl methyl sites for hydroxylation is 1. The normalized spacial score (nSPS) is 14.3. The van der Waals surface area contributed by atoms with Crippen molar-refractivity contribution in [2.45, 2.75) is 19.1 Å². The highest BCUT2D eigenvalue weighted by Gasteiger charge is 2.20. The van der Waals surface area contributed by atoms with Crippen molar-refractivity contribution in [2.75, 3.05) is 6.61 Å². The fraction of sp³-hybridized carbons (Fsp3) is 0.364. The molecule has 0 aromatic heterocycles. The molecule has 0 bridgehead atoms. The van der Waals surface area contributed by atoms with E-state index in [4.69, 9.17) is 10.4 Å². The predicted octanol–water partition coefficient (Wildman–Crippen LogP) is 0.253. The van der Waals surface area contributed by atoms with Gasteiger partial charge in [0.2, 0.25) is 0 Å². The number of benzene rings is 1. The molecule has 3 N–H and O–H groups in total. The van der Waals surface area contributed by atoms with Crippen molar-refractivity contribution in [2.24, 2.45) is 0 Å². The van der Waals surface area contributed by atoms with Gasteiger partial charge < -0.3 is 15.3 Å². The molecule has 0 saturated heterocycles. The molecule has 0 aliphatic carbocycles. The number of hydrogen-bond acceptors (Lipinski definition) is 4. The second-order valence-electron chi connectivity index (χ2n) is 3.40. The van der Waals surface area contributed by atoms with E-state index >= 15 is 0 Å². The van der Waals surface area contributed by atoms with E-state index in [9.17, 15) is 10.2 Å². The van der Waals surface area contributed by atoms with E-state index in [0.717, 1.165) is 5.56 Å². The van der Waals surface area contributed by atoms with Crippen molar-refractivity contribution >= 4 is 0 Å². The lowest BCUT2D eigenvalue weighted by Gasteiger charge is -2.17. The first-order chi connectivity index (χ1) is 7.10. The zero-order valence-corrected chi connectivity index (χ0v) is 8.38. The summed E-state index contributed by atoms with van der Waals surface area (Å²) in [4.78, 5) is 0. The molecule has 1 aromatic rings. The first-order valence-electron chi connectivity index (χ1n) is 4.57. The second kappa shape index (κ2) is 4.89. The highest BCUT2D eigenvalue weighted by Crippen LogP contribution is 2.21. The Labute approximate surface area is 88.0 Å². The van der Waals surface area contributed by atoms with Gasteiger partial charge in [-0.05, 0) is 18.6 Å². The zero-order valence-electron chi connectivity index (χ0n) is 8.38. The maximum Gasteiger partial charge on any atom is 0.108 e. The first-order valence-corrected chi connectivity index (χ1v) is 4.57. The summed E-state index contributed by atoms with van der Waals surface area (Å²) in [6, 6.07) is 6.89. The van der Waals surface area contributed by atoms with Crippen molar-refractivity contribution in [1.29, 1.82) is 5.26 Å². The molecule has 0 heterocycles. The lowest BCUT2D eigenvalue weighted by Crippen LogP contribution is -2.22. The molecule has 0 aliphatic rings. The molecule has 1 aromatic carbocycles. The molecule has 0 saturated carbocycles. The average molecular weight is 207 g/mol. The molecule has 0 amide bonds. The van der Waals surface area contributed by atoms with Gasteiger partial charge in [-0.25, -0.2) is 0 Å². The van der Waals surface area contributed by atoms with Crippen molar-refractivity contribution in [3.63, 3.8) is 0 Å². The number of rotatable bonds is 3. The summed E-state index contributed by atoms with van der Waals surface area (Å²) in [5.74, 6) is 0. The second-order valence-corrected chi connectivity index (χ2v) is 3.40. The zero-order chi connectivity index (χ0) is 11.4. The Morgan fingerprint density at radius 2 is 2.07 bits per heavy atom. The molecule has 4 nitrogen and oxygen atoms in total. The summed E-state index contributed by atoms with van der Waals surface area (Å²) in [6.45, 7) is 1.29. The fourth-order valence-corrected chi connectivity index (χ4v) is 1.33. The van der Waals surface area contributed by atoms with Gasteiger partial charge in [-0.3, -0.25) is 0 Å². The van der Waals surface area contributed by atoms with Crippen LogP contribution in [0.2, 0.25) is 0 Å². The minimum Gasteiger partial charge on any atom is -0.394 e. The van der Waals surface area contributed by atoms with Crippen LogP contribution < -0.4 is 0 Å². The van der Waals surface area contributed by atoms with Crippen molar-refractivity contribution in [3.8, 4) is 6.07 Å². The van der Waals surface area contributed by atoms with Gasteiger partial charge in [0.1, 0.15) is 12.2 Å². The monoisotopic (exact) mass is 207 g/mol. The van der Waals surface area contributed by atoms with Crippen LogP contribution >= 0.6 is 0 Å². The molecule has 2 atom stereocenters. The third kappa shape index (κ3) is 2.54. The average Bonchev–Trinajstić information content (AvgIpc) is 2.26. The van der Waals surface area contributed by atoms with E-state index in [1.165, 1.54) is 0 Å². The Balaban J connectivity index is 3.09. The van der Waals surface area contributed by atoms with E-state index in [1.807, 2.05) is 13.0 Å². The number of aliphatic hydroxyl groups excluding tert-OH is 3. The fourth-order valence-electron chi connectivity index (χ4n) is 1.33. The van der Waals surface area contributed by atoms with Crippen LogP contribution in [0.3, 0.4) is 0 Å². The van der Waals surface area contributed by atoms with Crippen LogP contribution in [0, 0.1) is 18.3 Å². The van der Waals surface area contributed by atoms with Crippen LogP contribution in [0.25, 0.3) is 0 Å². The van der Waals surface area contributed by atoms with Crippen LogP contribution in [0.15, 0.2) is 18.2 Å². The van der Waals surface area contributed by atoms with Gasteiger partial charge in [0.05, 0.1) is 18.2 Å². The topological polar surface area (TPSA) is 84.5 Å². The third-order valence-corrected chi connectivity index (χ3v) is 2.20. The summed E-state index contributed by atoms with van der Waals surface area (Å²) >= 11 is 0. The van der Waals surface area contributed by atoms with E-state index in [0.29, 0.717) is 11.1 Å². The number of hydrogen-bond donors (Lipinski definition) is 3. The third-order valence-electron chi connectivity index (χ3n) is 2.20. The van der Waals surface area contributed by atoms with Gasteiger partial charge >= 0.3 is 0 Å². The van der Waals surface area contributed by atoms with Crippen LogP contribution in [-0.4, -0.2) is 28.0 Å². The Hall–Kier alpha value is -1.41. The number of nitriles is 1. The number of aliphatic hydroxyl groups is 3. The summed E-state index contributed by atoms with van der Waals surface area (Å²) in [6.07, 6.45) is -2.50. The van der Waals surface area contributed by atoms with Crippen molar-refractivity contribution in [3.05, 3.63) is 34.9 Å². The summed E-state index contributed by atoms with van der Waals surface area (Å²) in [5, 5.41) is 36.4. The van der Waals surface area contributed by atoms with E-state index < -0.39 is 18.8 Å². The molecule has 0 aliphatic heterocycles. The standard InChI is InChI=1S/C11H13NO3/c1-7-2-3-9(8(4-7)5-12)11(15)10(14)6-13/h2-4,10-11,13-15H,6H2,1H3. The smallest absolute Gasteiger partial charge is 0.108 e. The van der Waals surface area contributed by atoms with Gasteiger partial charge in [-0.1, -0.05) is 12.1 Å². The van der Waals surface area contributed by atoms with Crippen LogP contribution in [0.1, 0.15) is 22.8 Å². The first kappa shape index (κ1) is 11.7. The van der Waals surface area contributed by atoms with Gasteiger partial charge in [0.15, 0.2) is 0 Å². The van der Waals surface area contributed by atoms with Gasteiger partial charge in [0, 0.05) is 5.56 Å². The molecule has 0 fully saturated rings.